The number of nitrogens with zero attached hydrogens (tertiary/aromatic N) is 1. The van der Waals surface area contributed by atoms with E-state index in [-0.39, 0.29) is 4.90 Å². The minimum absolute atomic E-state index is 0.0550. The number of thiophene rings is 1. The Morgan fingerprint density at radius 2 is 1.91 bits per heavy atom. The van der Waals surface area contributed by atoms with Gasteiger partial charge in [-0.3, -0.25) is 0 Å². The highest BCUT2D eigenvalue weighted by molar-refractivity contribution is 7.86. The normalized spacial score (nSPS) is 12.1. The number of H-pyrrole nitrogens is 1. The molecule has 2 aromatic carbocycles. The second-order valence-electron chi connectivity index (χ2n) is 7.43. The van der Waals surface area contributed by atoms with E-state index in [1.54, 1.807) is 29.7 Å². The first-order valence-electron chi connectivity index (χ1n) is 9.83. The Morgan fingerprint density at radius 3 is 2.72 bits per heavy atom. The van der Waals surface area contributed by atoms with Crippen LogP contribution in [0.1, 0.15) is 5.69 Å². The van der Waals surface area contributed by atoms with Gasteiger partial charge in [0.05, 0.1) is 4.90 Å². The van der Waals surface area contributed by atoms with Gasteiger partial charge in [-0.05, 0) is 53.8 Å². The third kappa shape index (κ3) is 3.45. The Labute approximate surface area is 188 Å². The molecular formula is C23H20N4O3S2. The average molecular weight is 465 g/mol. The smallest absolute Gasteiger partial charge is 0.312 e. The number of hydroxylamine groups is 1. The molecule has 5 rings (SSSR count). The molecule has 7 nitrogen and oxygen atoms in total. The number of pyridine rings is 1. The number of anilines is 1. The highest BCUT2D eigenvalue weighted by Gasteiger charge is 2.19. The van der Waals surface area contributed by atoms with Crippen LogP contribution in [0.4, 0.5) is 5.82 Å². The van der Waals surface area contributed by atoms with Crippen LogP contribution in [0.15, 0.2) is 65.0 Å². The van der Waals surface area contributed by atoms with Crippen LogP contribution in [0.3, 0.4) is 0 Å². The Balaban J connectivity index is 1.67. The van der Waals surface area contributed by atoms with Crippen LogP contribution in [0.5, 0.6) is 0 Å². The molecule has 0 unspecified atom stereocenters. The number of nitrogens with two attached hydrogens (primary N) is 1. The van der Waals surface area contributed by atoms with Gasteiger partial charge in [-0.2, -0.15) is 18.2 Å². The standard InChI is InChI=1S/C23H20N4O3S2/c1-13-8-16-9-15(6-7-20(16)27-13)19-12-31-22-18(11-26-23(24)21(19)22)14-4-3-5-17(10-14)32(28,29)30-25-2/h3-12,25,27H,1-2H3,(H2,24,26). The molecule has 0 atom stereocenters. The number of aryl methyl sites for hydroxylation is 1. The number of fused-ring (bicyclic) bond motifs is 2. The summed E-state index contributed by atoms with van der Waals surface area (Å²) in [5.74, 6) is 0.438. The molecule has 9 heteroatoms. The van der Waals surface area contributed by atoms with Crippen molar-refractivity contribution in [3.63, 3.8) is 0 Å². The zero-order chi connectivity index (χ0) is 22.5. The molecule has 0 radical (unpaired) electrons. The number of hydrogen-bond donors (Lipinski definition) is 3. The van der Waals surface area contributed by atoms with Crippen LogP contribution in [0, 0.1) is 6.92 Å². The number of benzene rings is 2. The van der Waals surface area contributed by atoms with E-state index < -0.39 is 10.1 Å². The molecular weight excluding hydrogens is 444 g/mol. The van der Waals surface area contributed by atoms with Crippen molar-refractivity contribution in [2.45, 2.75) is 11.8 Å². The Kier molecular flexibility index (Phi) is 4.98. The predicted octanol–water partition coefficient (Wildman–Crippen LogP) is 4.84. The first kappa shape index (κ1) is 20.7. The van der Waals surface area contributed by atoms with Crippen LogP contribution in [0.2, 0.25) is 0 Å². The number of aromatic nitrogens is 2. The van der Waals surface area contributed by atoms with E-state index >= 15 is 0 Å². The topological polar surface area (TPSA) is 110 Å². The van der Waals surface area contributed by atoms with E-state index in [9.17, 15) is 8.42 Å². The second-order valence-corrected chi connectivity index (χ2v) is 9.86. The zero-order valence-corrected chi connectivity index (χ0v) is 19.0. The van der Waals surface area contributed by atoms with E-state index in [1.807, 2.05) is 13.0 Å². The number of hydrogen-bond acceptors (Lipinski definition) is 7. The quantitative estimate of drug-likeness (QED) is 0.321. The molecule has 0 aliphatic rings. The molecule has 0 amide bonds. The van der Waals surface area contributed by atoms with Crippen LogP contribution in [0.25, 0.3) is 43.2 Å². The summed E-state index contributed by atoms with van der Waals surface area (Å²) >= 11 is 1.56. The summed E-state index contributed by atoms with van der Waals surface area (Å²) in [6.07, 6.45) is 1.68. The fourth-order valence-electron chi connectivity index (χ4n) is 3.91. The Hall–Kier alpha value is -3.24. The van der Waals surface area contributed by atoms with Gasteiger partial charge in [0.15, 0.2) is 0 Å². The van der Waals surface area contributed by atoms with Gasteiger partial charge in [-0.15, -0.1) is 11.3 Å². The van der Waals surface area contributed by atoms with Crippen molar-refractivity contribution >= 4 is 48.3 Å². The summed E-state index contributed by atoms with van der Waals surface area (Å²) in [5.41, 5.74) is 14.3. The van der Waals surface area contributed by atoms with Crippen molar-refractivity contribution in [3.8, 4) is 22.3 Å². The zero-order valence-electron chi connectivity index (χ0n) is 17.3. The van der Waals surface area contributed by atoms with Crippen LogP contribution in [-0.4, -0.2) is 25.4 Å². The molecule has 0 saturated carbocycles. The number of nitrogen functional groups attached to an aromatic ring is 1. The largest absolute Gasteiger partial charge is 0.383 e. The van der Waals surface area contributed by atoms with Crippen molar-refractivity contribution in [1.29, 1.82) is 0 Å². The molecule has 162 valence electrons. The molecule has 0 spiro atoms. The summed E-state index contributed by atoms with van der Waals surface area (Å²) in [4.78, 5) is 7.82. The van der Waals surface area contributed by atoms with Gasteiger partial charge >= 0.3 is 10.1 Å². The Bertz CT molecular complexity index is 1590. The lowest BCUT2D eigenvalue weighted by Gasteiger charge is -2.09. The molecule has 4 N–H and O–H groups in total. The van der Waals surface area contributed by atoms with Crippen LogP contribution >= 0.6 is 11.3 Å². The first-order valence-corrected chi connectivity index (χ1v) is 12.1. The summed E-state index contributed by atoms with van der Waals surface area (Å²) in [7, 11) is -2.52. The monoisotopic (exact) mass is 464 g/mol. The van der Waals surface area contributed by atoms with Crippen molar-refractivity contribution in [1.82, 2.24) is 15.4 Å². The summed E-state index contributed by atoms with van der Waals surface area (Å²) in [6, 6.07) is 15.0. The minimum atomic E-state index is -3.91. The summed E-state index contributed by atoms with van der Waals surface area (Å²) in [6.45, 7) is 2.03. The fraction of sp³-hybridized carbons (Fsp3) is 0.0870. The third-order valence-electron chi connectivity index (χ3n) is 5.32. The van der Waals surface area contributed by atoms with Crippen LogP contribution < -0.4 is 11.2 Å². The van der Waals surface area contributed by atoms with Gasteiger partial charge in [0.25, 0.3) is 0 Å². The van der Waals surface area contributed by atoms with Crippen molar-refractivity contribution in [3.05, 3.63) is 65.8 Å². The third-order valence-corrected chi connectivity index (χ3v) is 7.55. The lowest BCUT2D eigenvalue weighted by atomic mass is 10.0. The highest BCUT2D eigenvalue weighted by atomic mass is 32.2. The lowest BCUT2D eigenvalue weighted by Crippen LogP contribution is -2.15. The van der Waals surface area contributed by atoms with Crippen molar-refractivity contribution in [2.75, 3.05) is 12.8 Å². The van der Waals surface area contributed by atoms with Gasteiger partial charge in [0.1, 0.15) is 5.82 Å². The molecule has 3 aromatic heterocycles. The number of nitrogens with one attached hydrogen (secondary N) is 2. The molecule has 0 fully saturated rings. The molecule has 3 heterocycles. The van der Waals surface area contributed by atoms with Gasteiger partial charge in [-0.1, -0.05) is 18.2 Å². The molecule has 32 heavy (non-hydrogen) atoms. The first-order chi connectivity index (χ1) is 15.4. The highest BCUT2D eigenvalue weighted by Crippen LogP contribution is 2.42. The molecule has 0 aliphatic heterocycles. The summed E-state index contributed by atoms with van der Waals surface area (Å²) in [5, 5.41) is 4.06. The van der Waals surface area contributed by atoms with E-state index in [4.69, 9.17) is 10.0 Å². The second kappa shape index (κ2) is 7.72. The van der Waals surface area contributed by atoms with Crippen LogP contribution in [-0.2, 0) is 14.4 Å². The van der Waals surface area contributed by atoms with Gasteiger partial charge in [0, 0.05) is 51.1 Å². The number of aromatic amines is 1. The maximum atomic E-state index is 12.3. The molecule has 0 saturated heterocycles. The maximum absolute atomic E-state index is 12.3. The predicted molar refractivity (Wildman–Crippen MR) is 129 cm³/mol. The molecule has 0 aliphatic carbocycles. The van der Waals surface area contributed by atoms with Gasteiger partial charge < -0.3 is 10.7 Å². The lowest BCUT2D eigenvalue weighted by molar-refractivity contribution is 0.231. The maximum Gasteiger partial charge on any atom is 0.312 e. The van der Waals surface area contributed by atoms with Crippen molar-refractivity contribution < 1.29 is 12.7 Å². The fourth-order valence-corrected chi connectivity index (χ4v) is 5.86. The molecule has 0 bridgehead atoms. The van der Waals surface area contributed by atoms with Gasteiger partial charge in [-0.25, -0.2) is 4.98 Å². The Morgan fingerprint density at radius 1 is 1.09 bits per heavy atom. The van der Waals surface area contributed by atoms with E-state index in [1.165, 1.54) is 13.1 Å². The average Bonchev–Trinajstić information content (AvgIpc) is 3.37. The number of rotatable bonds is 5. The van der Waals surface area contributed by atoms with E-state index in [0.717, 1.165) is 43.4 Å². The van der Waals surface area contributed by atoms with E-state index in [0.29, 0.717) is 11.4 Å². The minimum Gasteiger partial charge on any atom is -0.383 e. The molecule has 5 aromatic rings. The van der Waals surface area contributed by atoms with E-state index in [2.05, 4.69) is 45.1 Å². The van der Waals surface area contributed by atoms with Crippen molar-refractivity contribution in [2.24, 2.45) is 0 Å². The van der Waals surface area contributed by atoms with Gasteiger partial charge in [0.2, 0.25) is 0 Å². The summed E-state index contributed by atoms with van der Waals surface area (Å²) < 4.78 is 30.3. The SMILES string of the molecule is CNOS(=O)(=O)c1cccc(-c2cnc(N)c3c(-c4ccc5[nH]c(C)cc5c4)csc23)c1.